The molecule has 0 heterocycles. The third kappa shape index (κ3) is 3.01. The predicted octanol–water partition coefficient (Wildman–Crippen LogP) is 4.95. The Hall–Kier alpha value is -3.26. The summed E-state index contributed by atoms with van der Waals surface area (Å²) in [7, 11) is 0. The first kappa shape index (κ1) is 18.1. The summed E-state index contributed by atoms with van der Waals surface area (Å²) >= 11 is 0. The van der Waals surface area contributed by atoms with Crippen molar-refractivity contribution in [1.29, 1.82) is 10.7 Å². The van der Waals surface area contributed by atoms with Gasteiger partial charge in [0.2, 0.25) is 0 Å². The molecule has 0 saturated heterocycles. The number of nitrogens with zero attached hydrogens (tertiary/aromatic N) is 1. The lowest BCUT2D eigenvalue weighted by molar-refractivity contribution is -0.115. The van der Waals surface area contributed by atoms with Crippen molar-refractivity contribution >= 4 is 23.4 Å². The molecule has 2 aliphatic rings. The molecule has 0 amide bonds. The highest BCUT2D eigenvalue weighted by Crippen LogP contribution is 2.46. The fourth-order valence-corrected chi connectivity index (χ4v) is 4.29. The van der Waals surface area contributed by atoms with Gasteiger partial charge >= 0.3 is 0 Å². The maximum absolute atomic E-state index is 13.2. The third-order valence-corrected chi connectivity index (χ3v) is 5.73. The van der Waals surface area contributed by atoms with Crippen LogP contribution in [0.5, 0.6) is 0 Å². The summed E-state index contributed by atoms with van der Waals surface area (Å²) in [6.07, 6.45) is 6.19. The van der Waals surface area contributed by atoms with Crippen molar-refractivity contribution in [2.24, 2.45) is 0 Å². The first-order valence-electron chi connectivity index (χ1n) is 9.41. The number of rotatable bonds is 3. The zero-order valence-corrected chi connectivity index (χ0v) is 15.4. The number of halogens is 1. The average molecular weight is 373 g/mol. The van der Waals surface area contributed by atoms with E-state index in [0.717, 1.165) is 47.3 Å². The van der Waals surface area contributed by atoms with E-state index >= 15 is 0 Å². The maximum Gasteiger partial charge on any atom is 0.155 e. The van der Waals surface area contributed by atoms with E-state index in [1.54, 1.807) is 18.2 Å². The van der Waals surface area contributed by atoms with Crippen LogP contribution < -0.4 is 5.32 Å². The summed E-state index contributed by atoms with van der Waals surface area (Å²) in [6.45, 7) is 0. The van der Waals surface area contributed by atoms with Crippen molar-refractivity contribution in [2.45, 2.75) is 37.5 Å². The van der Waals surface area contributed by atoms with Gasteiger partial charge in [0.25, 0.3) is 0 Å². The van der Waals surface area contributed by atoms with Crippen molar-refractivity contribution < 1.29 is 9.18 Å². The largest absolute Gasteiger partial charge is 0.355 e. The highest BCUT2D eigenvalue weighted by atomic mass is 19.1. The van der Waals surface area contributed by atoms with E-state index in [0.29, 0.717) is 18.4 Å². The molecule has 2 aromatic carbocycles. The number of anilines is 2. The van der Waals surface area contributed by atoms with Crippen molar-refractivity contribution in [2.75, 3.05) is 5.32 Å². The number of ketones is 1. The Morgan fingerprint density at radius 1 is 1.18 bits per heavy atom. The van der Waals surface area contributed by atoms with Crippen LogP contribution >= 0.6 is 0 Å². The van der Waals surface area contributed by atoms with Crippen LogP contribution in [-0.4, -0.2) is 12.0 Å². The Kier molecular flexibility index (Phi) is 4.56. The van der Waals surface area contributed by atoms with E-state index in [2.05, 4.69) is 11.4 Å². The number of aryl methyl sites for hydroxylation is 1. The average Bonchev–Trinajstić information content (AvgIpc) is 2.85. The molecule has 0 bridgehead atoms. The van der Waals surface area contributed by atoms with Gasteiger partial charge in [-0.25, -0.2) is 4.39 Å². The molecule has 0 spiro atoms. The van der Waals surface area contributed by atoms with Crippen LogP contribution in [0.3, 0.4) is 0 Å². The predicted molar refractivity (Wildman–Crippen MR) is 107 cm³/mol. The van der Waals surface area contributed by atoms with E-state index in [9.17, 15) is 14.4 Å². The molecule has 1 unspecified atom stereocenters. The molecule has 0 saturated carbocycles. The minimum Gasteiger partial charge on any atom is -0.355 e. The molecule has 2 N–H and O–H groups in total. The fourth-order valence-electron chi connectivity index (χ4n) is 4.29. The molecule has 0 fully saturated rings. The van der Waals surface area contributed by atoms with Crippen LogP contribution in [-0.2, 0) is 16.6 Å². The van der Waals surface area contributed by atoms with Gasteiger partial charge in [-0.1, -0.05) is 0 Å². The Morgan fingerprint density at radius 2 is 1.96 bits per heavy atom. The highest BCUT2D eigenvalue weighted by Gasteiger charge is 2.42. The second-order valence-electron chi connectivity index (χ2n) is 7.38. The topological polar surface area (TPSA) is 76.7 Å². The molecule has 5 heteroatoms. The molecular formula is C23H20FN3O. The molecule has 0 aromatic heterocycles. The SMILES string of the molecule is N#CC12CCC(=O)C=C1CCCc1cc(Nc3ccc(F)cc3)c(C=N)cc12. The normalized spacial score (nSPS) is 20.9. The number of nitriles is 1. The van der Waals surface area contributed by atoms with Crippen LogP contribution in [0, 0.1) is 22.6 Å². The van der Waals surface area contributed by atoms with Crippen molar-refractivity contribution in [3.63, 3.8) is 0 Å². The molecule has 2 aliphatic carbocycles. The molecular weight excluding hydrogens is 353 g/mol. The van der Waals surface area contributed by atoms with Crippen LogP contribution in [0.4, 0.5) is 15.8 Å². The molecule has 4 rings (SSSR count). The number of benzene rings is 2. The fraction of sp³-hybridized carbons (Fsp3) is 0.261. The number of carbonyl (C=O) groups excluding carboxylic acids is 1. The standard InChI is InChI=1S/C23H20FN3O/c24-18-4-6-19(7-5-18)27-22-11-15-2-1-3-17-12-20(28)8-9-23(17,14-26)21(15)10-16(22)13-25/h4-7,10-13,25,27H,1-3,8-9H2. The molecule has 4 nitrogen and oxygen atoms in total. The minimum absolute atomic E-state index is 0.0891. The van der Waals surface area contributed by atoms with Gasteiger partial charge in [0.15, 0.2) is 5.78 Å². The van der Waals surface area contributed by atoms with E-state index in [4.69, 9.17) is 5.41 Å². The van der Waals surface area contributed by atoms with Crippen molar-refractivity contribution in [1.82, 2.24) is 0 Å². The lowest BCUT2D eigenvalue weighted by Gasteiger charge is -2.33. The Balaban J connectivity index is 1.83. The zero-order chi connectivity index (χ0) is 19.7. The summed E-state index contributed by atoms with van der Waals surface area (Å²) in [4.78, 5) is 11.9. The number of allylic oxidation sites excluding steroid dienone is 2. The highest BCUT2D eigenvalue weighted by molar-refractivity contribution is 5.93. The maximum atomic E-state index is 13.2. The molecule has 0 aliphatic heterocycles. The van der Waals surface area contributed by atoms with Crippen molar-refractivity contribution in [3.05, 3.63) is 70.6 Å². The van der Waals surface area contributed by atoms with Crippen LogP contribution in [0.1, 0.15) is 42.4 Å². The van der Waals surface area contributed by atoms with E-state index in [-0.39, 0.29) is 11.6 Å². The summed E-state index contributed by atoms with van der Waals surface area (Å²) < 4.78 is 13.2. The monoisotopic (exact) mass is 373 g/mol. The lowest BCUT2D eigenvalue weighted by Crippen LogP contribution is -2.32. The Morgan fingerprint density at radius 3 is 2.68 bits per heavy atom. The summed E-state index contributed by atoms with van der Waals surface area (Å²) in [6, 6.07) is 12.5. The van der Waals surface area contributed by atoms with Crippen LogP contribution in [0.25, 0.3) is 0 Å². The zero-order valence-electron chi connectivity index (χ0n) is 15.4. The first-order valence-corrected chi connectivity index (χ1v) is 9.41. The molecule has 2 aromatic rings. The van der Waals surface area contributed by atoms with E-state index in [1.807, 2.05) is 12.1 Å². The van der Waals surface area contributed by atoms with Gasteiger partial charge in [0.05, 0.1) is 6.07 Å². The van der Waals surface area contributed by atoms with Gasteiger partial charge in [-0.3, -0.25) is 4.79 Å². The molecule has 0 radical (unpaired) electrons. The third-order valence-electron chi connectivity index (χ3n) is 5.73. The van der Waals surface area contributed by atoms with Gasteiger partial charge in [0, 0.05) is 29.6 Å². The van der Waals surface area contributed by atoms with Crippen LogP contribution in [0.2, 0.25) is 0 Å². The quantitative estimate of drug-likeness (QED) is 0.747. The summed E-state index contributed by atoms with van der Waals surface area (Å²) in [5, 5.41) is 21.2. The lowest BCUT2D eigenvalue weighted by atomic mass is 9.67. The summed E-state index contributed by atoms with van der Waals surface area (Å²) in [5.74, 6) is -0.215. The second kappa shape index (κ2) is 7.05. The van der Waals surface area contributed by atoms with E-state index in [1.165, 1.54) is 18.3 Å². The number of carbonyl (C=O) groups is 1. The smallest absolute Gasteiger partial charge is 0.155 e. The Labute approximate surface area is 163 Å². The number of hydrogen-bond acceptors (Lipinski definition) is 4. The number of nitrogens with one attached hydrogen (secondary N) is 2. The number of fused-ring (bicyclic) bond motifs is 3. The van der Waals surface area contributed by atoms with Gasteiger partial charge < -0.3 is 10.7 Å². The number of hydrogen-bond donors (Lipinski definition) is 2. The molecule has 28 heavy (non-hydrogen) atoms. The van der Waals surface area contributed by atoms with Crippen molar-refractivity contribution in [3.8, 4) is 6.07 Å². The van der Waals surface area contributed by atoms with Gasteiger partial charge in [-0.05, 0) is 84.9 Å². The van der Waals surface area contributed by atoms with E-state index < -0.39 is 5.41 Å². The van der Waals surface area contributed by atoms with Gasteiger partial charge in [-0.15, -0.1) is 0 Å². The first-order chi connectivity index (χ1) is 13.6. The minimum atomic E-state index is -0.786. The van der Waals surface area contributed by atoms with Gasteiger partial charge in [0.1, 0.15) is 11.2 Å². The van der Waals surface area contributed by atoms with Crippen LogP contribution in [0.15, 0.2) is 48.0 Å². The second-order valence-corrected chi connectivity index (χ2v) is 7.38. The molecule has 140 valence electrons. The Bertz CT molecular complexity index is 1030. The molecule has 1 atom stereocenters. The summed E-state index contributed by atoms with van der Waals surface area (Å²) in [5.41, 5.74) is 4.25. The van der Waals surface area contributed by atoms with Gasteiger partial charge in [-0.2, -0.15) is 5.26 Å².